The van der Waals surface area contributed by atoms with Gasteiger partial charge >= 0.3 is 0 Å². The molecule has 0 saturated carbocycles. The molecule has 0 aliphatic carbocycles. The van der Waals surface area contributed by atoms with E-state index in [0.29, 0.717) is 17.5 Å². The van der Waals surface area contributed by atoms with Gasteiger partial charge in [0.1, 0.15) is 0 Å². The van der Waals surface area contributed by atoms with Crippen LogP contribution in [0.2, 0.25) is 0 Å². The third kappa shape index (κ3) is 8.86. The summed E-state index contributed by atoms with van der Waals surface area (Å²) in [5.41, 5.74) is 20.0. The lowest BCUT2D eigenvalue weighted by molar-refractivity contribution is 1.07. The van der Waals surface area contributed by atoms with Crippen molar-refractivity contribution in [1.29, 1.82) is 0 Å². The van der Waals surface area contributed by atoms with E-state index in [1.807, 2.05) is 48.6 Å². The normalized spacial score (nSPS) is 11.9. The molecule has 0 aliphatic heterocycles. The van der Waals surface area contributed by atoms with Crippen LogP contribution in [0.4, 0.5) is 0 Å². The van der Waals surface area contributed by atoms with Crippen molar-refractivity contribution in [3.8, 4) is 84.6 Å². The van der Waals surface area contributed by atoms with Crippen molar-refractivity contribution in [3.05, 3.63) is 322 Å². The van der Waals surface area contributed by atoms with Crippen LogP contribution in [0.1, 0.15) is 5.56 Å². The molecule has 16 aromatic rings. The van der Waals surface area contributed by atoms with Crippen molar-refractivity contribution in [2.75, 3.05) is 0 Å². The van der Waals surface area contributed by atoms with Crippen LogP contribution < -0.4 is 0 Å². The molecule has 0 saturated heterocycles. The van der Waals surface area contributed by atoms with Crippen LogP contribution in [0.15, 0.2) is 316 Å². The number of para-hydroxylation sites is 4. The number of benzene rings is 12. The maximum atomic E-state index is 5.39. The minimum Gasteiger partial charge on any atom is -0.309 e. The minimum atomic E-state index is 0.568. The highest BCUT2D eigenvalue weighted by Crippen LogP contribution is 2.47. The van der Waals surface area contributed by atoms with Gasteiger partial charge in [-0.25, -0.2) is 15.0 Å². The fourth-order valence-corrected chi connectivity index (χ4v) is 12.9. The van der Waals surface area contributed by atoms with Crippen molar-refractivity contribution >= 4 is 71.5 Å². The molecule has 0 bridgehead atoms. The third-order valence-electron chi connectivity index (χ3n) is 16.9. The smallest absolute Gasteiger partial charge is 0.164 e. The molecule has 4 aromatic heterocycles. The summed E-state index contributed by atoms with van der Waals surface area (Å²) in [5.74, 6) is 1.76. The quantitative estimate of drug-likeness (QED) is 0.115. The van der Waals surface area contributed by atoms with Gasteiger partial charge in [0, 0.05) is 65.8 Å². The van der Waals surface area contributed by atoms with Crippen LogP contribution in [-0.4, -0.2) is 28.7 Å². The van der Waals surface area contributed by atoms with Gasteiger partial charge in [-0.3, -0.25) is 0 Å². The van der Waals surface area contributed by atoms with Crippen LogP contribution in [0.5, 0.6) is 0 Å². The average molecular weight is 1110 g/mol. The predicted octanol–water partition coefficient (Wildman–Crippen LogP) is 20.9. The van der Waals surface area contributed by atoms with E-state index in [2.05, 4.69) is 281 Å². The molecule has 6 heteroatoms. The van der Waals surface area contributed by atoms with Crippen molar-refractivity contribution in [3.63, 3.8) is 0 Å². The first-order chi connectivity index (χ1) is 43.1. The summed E-state index contributed by atoms with van der Waals surface area (Å²) < 4.78 is 7.44. The van der Waals surface area contributed by atoms with Gasteiger partial charge in [0.2, 0.25) is 0 Å². The van der Waals surface area contributed by atoms with Crippen LogP contribution in [0, 0.1) is 0 Å². The van der Waals surface area contributed by atoms with Gasteiger partial charge in [0.05, 0.1) is 44.5 Å². The van der Waals surface area contributed by atoms with Crippen molar-refractivity contribution in [1.82, 2.24) is 28.7 Å². The molecule has 408 valence electrons. The monoisotopic (exact) mass is 1110 g/mol. The highest BCUT2D eigenvalue weighted by molar-refractivity contribution is 6.18. The van der Waals surface area contributed by atoms with Gasteiger partial charge in [0.15, 0.2) is 17.5 Å². The zero-order chi connectivity index (χ0) is 57.8. The van der Waals surface area contributed by atoms with Crippen LogP contribution in [0.3, 0.4) is 0 Å². The van der Waals surface area contributed by atoms with Crippen LogP contribution in [0.25, 0.3) is 156 Å². The van der Waals surface area contributed by atoms with E-state index < -0.39 is 0 Å². The topological polar surface area (TPSA) is 53.5 Å². The number of allylic oxidation sites excluding steroid dienone is 4. The Balaban J connectivity index is 1.04. The number of nitrogens with zero attached hydrogens (tertiary/aromatic N) is 6. The van der Waals surface area contributed by atoms with E-state index in [-0.39, 0.29) is 0 Å². The Kier molecular flexibility index (Phi) is 12.6. The molecular weight excluding hydrogens is 1060 g/mol. The van der Waals surface area contributed by atoms with E-state index in [0.717, 1.165) is 117 Å². The van der Waals surface area contributed by atoms with Gasteiger partial charge in [0.25, 0.3) is 0 Å². The molecule has 0 unspecified atom stereocenters. The SMILES string of the molecule is C=C/C=C\C=C\c1ccc(-c2cc(-c3nc(-c4ccccc4)nc(-c4ccccc4)n3)cc(-c3ccc(-c4ccccc4)cc3)c2-n2c3ccc(-n4c5ccccc5c5ccccc54)cc3c3c(-n4c5ccccc5c5ccccc54)cccc32)cc1. The first kappa shape index (κ1) is 51.0. The summed E-state index contributed by atoms with van der Waals surface area (Å²) in [6.45, 7) is 3.88. The molecular formula is C81H54N6. The first-order valence-corrected chi connectivity index (χ1v) is 29.5. The average Bonchev–Trinajstić information content (AvgIpc) is 1.62. The largest absolute Gasteiger partial charge is 0.309 e. The molecule has 4 heterocycles. The first-order valence-electron chi connectivity index (χ1n) is 29.5. The predicted molar refractivity (Wildman–Crippen MR) is 364 cm³/mol. The van der Waals surface area contributed by atoms with Crippen LogP contribution >= 0.6 is 0 Å². The molecule has 0 fully saturated rings. The number of aromatic nitrogens is 6. The fourth-order valence-electron chi connectivity index (χ4n) is 12.9. The summed E-state index contributed by atoms with van der Waals surface area (Å²) in [6.07, 6.45) is 9.91. The summed E-state index contributed by atoms with van der Waals surface area (Å²) in [6, 6.07) is 103. The molecule has 12 aromatic carbocycles. The standard InChI is InChI=1S/C81H54N6/c1-2-3-4-8-24-54-41-43-57(44-42-54)67-51-61(81-83-79(59-27-11-6-12-28-59)82-80(84-81)60-29-13-7-14-30-60)52-68(58-47-45-56(46-48-58)55-25-9-5-10-26-55)78(67)87-74-50-49-62(85-70-35-19-15-31-63(70)64-32-16-20-36-71(64)85)53-69(74)77-75(39-23-40-76(77)87)86-72-37-21-17-33-65(72)66-34-18-22-38-73(66)86/h2-53H,1H2/b4-3-,24-8+. The highest BCUT2D eigenvalue weighted by atomic mass is 15.0. The number of fused-ring (bicyclic) bond motifs is 9. The van der Waals surface area contributed by atoms with E-state index in [1.54, 1.807) is 6.08 Å². The zero-order valence-electron chi connectivity index (χ0n) is 47.4. The fraction of sp³-hybridized carbons (Fsp3) is 0. The van der Waals surface area contributed by atoms with Crippen molar-refractivity contribution in [2.45, 2.75) is 0 Å². The highest BCUT2D eigenvalue weighted by Gasteiger charge is 2.27. The molecule has 0 spiro atoms. The third-order valence-corrected chi connectivity index (χ3v) is 16.9. The maximum Gasteiger partial charge on any atom is 0.164 e. The van der Waals surface area contributed by atoms with Crippen LogP contribution in [-0.2, 0) is 0 Å². The Morgan fingerprint density at radius 3 is 1.24 bits per heavy atom. The Morgan fingerprint density at radius 2 is 0.713 bits per heavy atom. The molecule has 6 nitrogen and oxygen atoms in total. The second-order valence-electron chi connectivity index (χ2n) is 22.0. The summed E-state index contributed by atoms with van der Waals surface area (Å²) in [7, 11) is 0. The number of rotatable bonds is 12. The number of hydrogen-bond acceptors (Lipinski definition) is 3. The van der Waals surface area contributed by atoms with Crippen molar-refractivity contribution < 1.29 is 0 Å². The van der Waals surface area contributed by atoms with Gasteiger partial charge in [-0.1, -0.05) is 255 Å². The molecule has 87 heavy (non-hydrogen) atoms. The summed E-state index contributed by atoms with van der Waals surface area (Å²) in [4.78, 5) is 15.9. The zero-order valence-corrected chi connectivity index (χ0v) is 47.4. The lowest BCUT2D eigenvalue weighted by Crippen LogP contribution is -2.04. The van der Waals surface area contributed by atoms with Gasteiger partial charge in [-0.05, 0) is 94.5 Å². The molecule has 0 atom stereocenters. The van der Waals surface area contributed by atoms with E-state index in [4.69, 9.17) is 15.0 Å². The Bertz CT molecular complexity index is 5210. The van der Waals surface area contributed by atoms with Gasteiger partial charge in [-0.15, -0.1) is 0 Å². The molecule has 0 amide bonds. The Morgan fingerprint density at radius 1 is 0.287 bits per heavy atom. The van der Waals surface area contributed by atoms with Gasteiger partial charge in [-0.2, -0.15) is 0 Å². The van der Waals surface area contributed by atoms with E-state index >= 15 is 0 Å². The van der Waals surface area contributed by atoms with E-state index in [9.17, 15) is 0 Å². The maximum absolute atomic E-state index is 5.39. The minimum absolute atomic E-state index is 0.568. The molecule has 0 aliphatic rings. The lowest BCUT2D eigenvalue weighted by atomic mass is 9.91. The molecule has 0 N–H and O–H groups in total. The Hall–Kier alpha value is -11.7. The van der Waals surface area contributed by atoms with E-state index in [1.165, 1.54) is 21.5 Å². The Labute approximate surface area is 503 Å². The molecule has 0 radical (unpaired) electrons. The summed E-state index contributed by atoms with van der Waals surface area (Å²) in [5, 5.41) is 7.10. The second-order valence-corrected chi connectivity index (χ2v) is 22.0. The molecule has 16 rings (SSSR count). The van der Waals surface area contributed by atoms with Gasteiger partial charge < -0.3 is 13.7 Å². The second kappa shape index (κ2) is 21.5. The lowest BCUT2D eigenvalue weighted by Gasteiger charge is -2.21. The number of hydrogen-bond donors (Lipinski definition) is 0. The van der Waals surface area contributed by atoms with Crippen molar-refractivity contribution in [2.24, 2.45) is 0 Å². The summed E-state index contributed by atoms with van der Waals surface area (Å²) >= 11 is 0.